The highest BCUT2D eigenvalue weighted by molar-refractivity contribution is 7.90. The molecule has 0 unspecified atom stereocenters. The Kier molecular flexibility index (Phi) is 3.99. The van der Waals surface area contributed by atoms with Gasteiger partial charge in [-0.25, -0.2) is 13.4 Å². The molecule has 6 nitrogen and oxygen atoms in total. The molecule has 0 radical (unpaired) electrons. The number of hydrogen-bond donors (Lipinski definition) is 2. The minimum atomic E-state index is -3.40. The van der Waals surface area contributed by atoms with Gasteiger partial charge in [0, 0.05) is 18.0 Å². The van der Waals surface area contributed by atoms with Gasteiger partial charge in [0.15, 0.2) is 9.84 Å². The average Bonchev–Trinajstić information content (AvgIpc) is 2.75. The van der Waals surface area contributed by atoms with Crippen LogP contribution in [0, 0.1) is 0 Å². The highest BCUT2D eigenvalue weighted by Crippen LogP contribution is 2.36. The number of aromatic nitrogens is 1. The maximum absolute atomic E-state index is 11.8. The van der Waals surface area contributed by atoms with E-state index in [2.05, 4.69) is 10.3 Å². The molecule has 0 aromatic carbocycles. The summed E-state index contributed by atoms with van der Waals surface area (Å²) in [4.78, 5) is 15.2. The van der Waals surface area contributed by atoms with E-state index in [-0.39, 0.29) is 17.1 Å². The number of sulfone groups is 1. The van der Waals surface area contributed by atoms with E-state index in [0.717, 1.165) is 19.1 Å². The summed E-state index contributed by atoms with van der Waals surface area (Å²) in [5.74, 6) is -0.644. The Hall–Kier alpha value is -1.63. The molecule has 1 aromatic rings. The first-order chi connectivity index (χ1) is 9.32. The molecule has 0 atom stereocenters. The van der Waals surface area contributed by atoms with E-state index in [1.165, 1.54) is 12.3 Å². The molecule has 1 aromatic heterocycles. The van der Waals surface area contributed by atoms with Crippen LogP contribution in [-0.4, -0.2) is 36.3 Å². The van der Waals surface area contributed by atoms with Crippen LogP contribution >= 0.6 is 0 Å². The predicted octanol–water partition coefficient (Wildman–Crippen LogP) is 1.68. The molecule has 1 aliphatic carbocycles. The molecule has 7 heteroatoms. The molecule has 2 rings (SSSR count). The summed E-state index contributed by atoms with van der Waals surface area (Å²) in [5.41, 5.74) is -0.598. The zero-order valence-corrected chi connectivity index (χ0v) is 12.1. The summed E-state index contributed by atoms with van der Waals surface area (Å²) >= 11 is 0. The molecule has 0 spiro atoms. The minimum Gasteiger partial charge on any atom is -0.481 e. The Bertz CT molecular complexity index is 607. The lowest BCUT2D eigenvalue weighted by atomic mass is 9.93. The number of carbonyl (C=O) groups is 1. The van der Waals surface area contributed by atoms with Crippen molar-refractivity contribution in [3.63, 3.8) is 0 Å². The van der Waals surface area contributed by atoms with Gasteiger partial charge in [-0.15, -0.1) is 0 Å². The maximum atomic E-state index is 11.8. The number of rotatable bonds is 5. The van der Waals surface area contributed by atoms with Crippen molar-refractivity contribution in [2.45, 2.75) is 42.5 Å². The van der Waals surface area contributed by atoms with E-state index in [1.807, 2.05) is 0 Å². The fourth-order valence-corrected chi connectivity index (χ4v) is 3.50. The zero-order chi connectivity index (χ0) is 14.8. The Morgan fingerprint density at radius 2 is 2.10 bits per heavy atom. The third-order valence-electron chi connectivity index (χ3n) is 3.60. The van der Waals surface area contributed by atoms with Crippen molar-refractivity contribution in [1.29, 1.82) is 0 Å². The number of anilines is 1. The van der Waals surface area contributed by atoms with Gasteiger partial charge in [-0.05, 0) is 25.0 Å². The van der Waals surface area contributed by atoms with Crippen molar-refractivity contribution in [1.82, 2.24) is 4.98 Å². The topological polar surface area (TPSA) is 96.4 Å². The third kappa shape index (κ3) is 3.27. The summed E-state index contributed by atoms with van der Waals surface area (Å²) < 4.78 is 23.5. The van der Waals surface area contributed by atoms with Crippen LogP contribution in [0.3, 0.4) is 0 Å². The molecular weight excluding hydrogens is 280 g/mol. The van der Waals surface area contributed by atoms with E-state index in [4.69, 9.17) is 5.11 Å². The van der Waals surface area contributed by atoms with Gasteiger partial charge >= 0.3 is 5.97 Å². The Labute approximate surface area is 118 Å². The second-order valence-electron chi connectivity index (χ2n) is 5.31. The molecule has 2 N–H and O–H groups in total. The van der Waals surface area contributed by atoms with Crippen LogP contribution in [0.4, 0.5) is 5.82 Å². The summed E-state index contributed by atoms with van der Waals surface area (Å²) in [6.45, 7) is 0. The van der Waals surface area contributed by atoms with Crippen LogP contribution in [0.2, 0.25) is 0 Å². The fraction of sp³-hybridized carbons (Fsp3) is 0.538. The SMILES string of the molecule is CS(=O)(=O)c1cccnc1NC1(CC(=O)O)CCCC1. The molecule has 110 valence electrons. The minimum absolute atomic E-state index is 0.0349. The molecule has 0 amide bonds. The average molecular weight is 298 g/mol. The number of nitrogens with one attached hydrogen (secondary N) is 1. The van der Waals surface area contributed by atoms with Crippen molar-refractivity contribution >= 4 is 21.6 Å². The van der Waals surface area contributed by atoms with E-state index >= 15 is 0 Å². The molecule has 1 fully saturated rings. The predicted molar refractivity (Wildman–Crippen MR) is 74.4 cm³/mol. The fourth-order valence-electron chi connectivity index (χ4n) is 2.72. The van der Waals surface area contributed by atoms with Crippen molar-refractivity contribution in [2.24, 2.45) is 0 Å². The number of pyridine rings is 1. The van der Waals surface area contributed by atoms with Gasteiger partial charge in [-0.2, -0.15) is 0 Å². The van der Waals surface area contributed by atoms with E-state index in [0.29, 0.717) is 12.8 Å². The monoisotopic (exact) mass is 298 g/mol. The molecule has 1 saturated carbocycles. The number of hydrogen-bond acceptors (Lipinski definition) is 5. The molecule has 0 bridgehead atoms. The molecule has 20 heavy (non-hydrogen) atoms. The van der Waals surface area contributed by atoms with Gasteiger partial charge in [-0.1, -0.05) is 12.8 Å². The second kappa shape index (κ2) is 5.40. The summed E-state index contributed by atoms with van der Waals surface area (Å²) in [5, 5.41) is 12.2. The second-order valence-corrected chi connectivity index (χ2v) is 7.29. The van der Waals surface area contributed by atoms with E-state index in [9.17, 15) is 13.2 Å². The molecule has 0 saturated heterocycles. The van der Waals surface area contributed by atoms with Crippen LogP contribution in [0.1, 0.15) is 32.1 Å². The van der Waals surface area contributed by atoms with Gasteiger partial charge < -0.3 is 10.4 Å². The molecule has 1 heterocycles. The number of nitrogens with zero attached hydrogens (tertiary/aromatic N) is 1. The Morgan fingerprint density at radius 3 is 2.65 bits per heavy atom. The zero-order valence-electron chi connectivity index (χ0n) is 11.3. The lowest BCUT2D eigenvalue weighted by Crippen LogP contribution is -2.38. The molecule has 1 aliphatic rings. The lowest BCUT2D eigenvalue weighted by molar-refractivity contribution is -0.138. The standard InChI is InChI=1S/C13H18N2O4S/c1-20(18,19)10-5-4-8-14-12(10)15-13(9-11(16)17)6-2-3-7-13/h4-5,8H,2-3,6-7,9H2,1H3,(H,14,15)(H,16,17). The largest absolute Gasteiger partial charge is 0.481 e. The Balaban J connectivity index is 2.35. The first-order valence-corrected chi connectivity index (χ1v) is 8.37. The smallest absolute Gasteiger partial charge is 0.305 e. The van der Waals surface area contributed by atoms with Crippen molar-refractivity contribution < 1.29 is 18.3 Å². The molecule has 0 aliphatic heterocycles. The van der Waals surface area contributed by atoms with E-state index in [1.54, 1.807) is 6.07 Å². The van der Waals surface area contributed by atoms with Crippen LogP contribution in [-0.2, 0) is 14.6 Å². The maximum Gasteiger partial charge on any atom is 0.305 e. The van der Waals surface area contributed by atoms with Crippen LogP contribution in [0.5, 0.6) is 0 Å². The first kappa shape index (κ1) is 14.8. The normalized spacial score (nSPS) is 17.9. The van der Waals surface area contributed by atoms with Crippen LogP contribution in [0.15, 0.2) is 23.2 Å². The lowest BCUT2D eigenvalue weighted by Gasteiger charge is -2.30. The van der Waals surface area contributed by atoms with Gasteiger partial charge in [0.05, 0.1) is 6.42 Å². The summed E-state index contributed by atoms with van der Waals surface area (Å²) in [6, 6.07) is 3.04. The van der Waals surface area contributed by atoms with Gasteiger partial charge in [0.1, 0.15) is 10.7 Å². The highest BCUT2D eigenvalue weighted by Gasteiger charge is 2.37. The van der Waals surface area contributed by atoms with Crippen LogP contribution < -0.4 is 5.32 Å². The number of carboxylic acid groups (broad SMARTS) is 1. The summed E-state index contributed by atoms with van der Waals surface area (Å²) in [6.07, 6.45) is 5.86. The summed E-state index contributed by atoms with van der Waals surface area (Å²) in [7, 11) is -3.40. The first-order valence-electron chi connectivity index (χ1n) is 6.47. The van der Waals surface area contributed by atoms with Gasteiger partial charge in [0.25, 0.3) is 0 Å². The number of carboxylic acids is 1. The molecular formula is C13H18N2O4S. The van der Waals surface area contributed by atoms with E-state index < -0.39 is 21.3 Å². The Morgan fingerprint density at radius 1 is 1.45 bits per heavy atom. The van der Waals surface area contributed by atoms with Crippen molar-refractivity contribution in [2.75, 3.05) is 11.6 Å². The van der Waals surface area contributed by atoms with Gasteiger partial charge in [-0.3, -0.25) is 4.79 Å². The van der Waals surface area contributed by atoms with Gasteiger partial charge in [0.2, 0.25) is 0 Å². The van der Waals surface area contributed by atoms with Crippen LogP contribution in [0.25, 0.3) is 0 Å². The van der Waals surface area contributed by atoms with Crippen molar-refractivity contribution in [3.05, 3.63) is 18.3 Å². The quantitative estimate of drug-likeness (QED) is 0.858. The third-order valence-corrected chi connectivity index (χ3v) is 4.73. The highest BCUT2D eigenvalue weighted by atomic mass is 32.2. The number of aliphatic carboxylic acids is 1. The van der Waals surface area contributed by atoms with Crippen molar-refractivity contribution in [3.8, 4) is 0 Å².